The predicted octanol–water partition coefficient (Wildman–Crippen LogP) is 2.65. The Kier molecular flexibility index (Phi) is 8.26. The fraction of sp³-hybridized carbons (Fsp3) is 0.550. The maximum Gasteiger partial charge on any atom is 0.191 e. The molecular formula is C20H32N6O. The Morgan fingerprint density at radius 3 is 2.59 bits per heavy atom. The van der Waals surface area contributed by atoms with Crippen molar-refractivity contribution in [1.29, 1.82) is 0 Å². The van der Waals surface area contributed by atoms with Crippen LogP contribution in [0.15, 0.2) is 41.8 Å². The van der Waals surface area contributed by atoms with Crippen molar-refractivity contribution in [2.75, 3.05) is 13.1 Å². The molecule has 0 unspecified atom stereocenters. The molecule has 148 valence electrons. The quantitative estimate of drug-likeness (QED) is 0.441. The molecule has 3 N–H and O–H groups in total. The molecule has 2 aromatic heterocycles. The van der Waals surface area contributed by atoms with Crippen molar-refractivity contribution in [3.8, 4) is 5.82 Å². The molecule has 0 aliphatic heterocycles. The van der Waals surface area contributed by atoms with Gasteiger partial charge in [-0.05, 0) is 43.5 Å². The highest BCUT2D eigenvalue weighted by atomic mass is 16.3. The molecule has 0 atom stereocenters. The Hall–Kier alpha value is -2.41. The second-order valence-electron chi connectivity index (χ2n) is 6.75. The summed E-state index contributed by atoms with van der Waals surface area (Å²) in [5, 5.41) is 21.5. The summed E-state index contributed by atoms with van der Waals surface area (Å²) in [6.07, 6.45) is 8.84. The van der Waals surface area contributed by atoms with E-state index in [-0.39, 0.29) is 0 Å². The number of hydrogen-bond acceptors (Lipinski definition) is 4. The zero-order valence-electron chi connectivity index (χ0n) is 16.6. The molecule has 0 fully saturated rings. The molecule has 0 aliphatic carbocycles. The van der Waals surface area contributed by atoms with Crippen LogP contribution in [0.25, 0.3) is 5.82 Å². The number of nitrogens with one attached hydrogen (secondary N) is 2. The highest BCUT2D eigenvalue weighted by molar-refractivity contribution is 5.79. The van der Waals surface area contributed by atoms with Gasteiger partial charge in [-0.1, -0.05) is 26.7 Å². The van der Waals surface area contributed by atoms with Crippen LogP contribution in [0, 0.1) is 0 Å². The van der Waals surface area contributed by atoms with E-state index in [0.29, 0.717) is 19.0 Å². The number of nitrogens with zero attached hydrogens (tertiary/aromatic N) is 4. The van der Waals surface area contributed by atoms with Gasteiger partial charge in [0, 0.05) is 31.7 Å². The molecule has 0 amide bonds. The van der Waals surface area contributed by atoms with Crippen LogP contribution in [0.2, 0.25) is 0 Å². The molecule has 7 nitrogen and oxygen atoms in total. The Morgan fingerprint density at radius 2 is 1.96 bits per heavy atom. The minimum atomic E-state index is -0.691. The van der Waals surface area contributed by atoms with Gasteiger partial charge in [0.05, 0.1) is 12.1 Å². The van der Waals surface area contributed by atoms with Crippen LogP contribution in [0.5, 0.6) is 0 Å². The van der Waals surface area contributed by atoms with Crippen LogP contribution in [0.3, 0.4) is 0 Å². The summed E-state index contributed by atoms with van der Waals surface area (Å²) in [6.45, 7) is 8.01. The van der Waals surface area contributed by atoms with Gasteiger partial charge in [0.1, 0.15) is 0 Å². The Morgan fingerprint density at radius 1 is 1.19 bits per heavy atom. The summed E-state index contributed by atoms with van der Waals surface area (Å²) >= 11 is 0. The maximum absolute atomic E-state index is 10.8. The minimum absolute atomic E-state index is 0.495. The van der Waals surface area contributed by atoms with E-state index in [1.165, 1.54) is 0 Å². The van der Waals surface area contributed by atoms with Gasteiger partial charge in [-0.15, -0.1) is 0 Å². The van der Waals surface area contributed by atoms with Gasteiger partial charge in [-0.3, -0.25) is 0 Å². The monoisotopic (exact) mass is 372 g/mol. The van der Waals surface area contributed by atoms with Gasteiger partial charge in [-0.2, -0.15) is 5.10 Å². The first kappa shape index (κ1) is 20.9. The lowest BCUT2D eigenvalue weighted by atomic mass is 9.93. The average Bonchev–Trinajstić information content (AvgIpc) is 3.19. The van der Waals surface area contributed by atoms with Crippen LogP contribution < -0.4 is 10.6 Å². The molecule has 0 saturated carbocycles. The molecule has 0 radical (unpaired) electrons. The number of pyridine rings is 1. The second-order valence-corrected chi connectivity index (χ2v) is 6.75. The maximum atomic E-state index is 10.8. The van der Waals surface area contributed by atoms with E-state index in [1.807, 2.05) is 31.3 Å². The summed E-state index contributed by atoms with van der Waals surface area (Å²) < 4.78 is 1.73. The number of guanidine groups is 1. The fourth-order valence-electron chi connectivity index (χ4n) is 3.08. The first-order valence-electron chi connectivity index (χ1n) is 9.79. The number of aromatic nitrogens is 3. The minimum Gasteiger partial charge on any atom is -0.388 e. The SMILES string of the molecule is CCCC(O)(CCC)CNC(=NCc1ccnc(-n2cccn2)c1)NCC. The molecular weight excluding hydrogens is 340 g/mol. The number of aliphatic hydroxyl groups is 1. The standard InChI is InChI=1S/C20H32N6O/c1-4-9-20(27,10-5-2)16-24-19(21-6-3)23-15-17-8-12-22-18(14-17)26-13-7-11-25-26/h7-8,11-14,27H,4-6,9-10,15-16H2,1-3H3,(H2,21,23,24). The van der Waals surface area contributed by atoms with Crippen molar-refractivity contribution in [2.24, 2.45) is 4.99 Å². The van der Waals surface area contributed by atoms with E-state index in [0.717, 1.165) is 43.6 Å². The lowest BCUT2D eigenvalue weighted by Crippen LogP contribution is -2.47. The van der Waals surface area contributed by atoms with E-state index < -0.39 is 5.60 Å². The first-order chi connectivity index (χ1) is 13.1. The molecule has 0 spiro atoms. The highest BCUT2D eigenvalue weighted by Crippen LogP contribution is 2.18. The van der Waals surface area contributed by atoms with Gasteiger partial charge in [-0.25, -0.2) is 14.7 Å². The third-order valence-electron chi connectivity index (χ3n) is 4.33. The van der Waals surface area contributed by atoms with E-state index in [2.05, 4.69) is 39.6 Å². The van der Waals surface area contributed by atoms with Crippen molar-refractivity contribution < 1.29 is 5.11 Å². The van der Waals surface area contributed by atoms with Gasteiger partial charge in [0.2, 0.25) is 0 Å². The number of rotatable bonds is 10. The van der Waals surface area contributed by atoms with E-state index >= 15 is 0 Å². The van der Waals surface area contributed by atoms with Gasteiger partial charge < -0.3 is 15.7 Å². The van der Waals surface area contributed by atoms with Crippen molar-refractivity contribution in [2.45, 2.75) is 58.6 Å². The summed E-state index contributed by atoms with van der Waals surface area (Å²) in [5.41, 5.74) is 0.356. The van der Waals surface area contributed by atoms with Gasteiger partial charge >= 0.3 is 0 Å². The van der Waals surface area contributed by atoms with E-state index in [9.17, 15) is 5.11 Å². The topological polar surface area (TPSA) is 87.4 Å². The summed E-state index contributed by atoms with van der Waals surface area (Å²) in [5.74, 6) is 1.48. The van der Waals surface area contributed by atoms with Crippen LogP contribution >= 0.6 is 0 Å². The smallest absolute Gasteiger partial charge is 0.191 e. The van der Waals surface area contributed by atoms with Crippen LogP contribution in [0.4, 0.5) is 0 Å². The molecule has 7 heteroatoms. The van der Waals surface area contributed by atoms with Crippen molar-refractivity contribution in [1.82, 2.24) is 25.4 Å². The van der Waals surface area contributed by atoms with Gasteiger partial charge in [0.15, 0.2) is 11.8 Å². The van der Waals surface area contributed by atoms with Gasteiger partial charge in [0.25, 0.3) is 0 Å². The molecule has 2 rings (SSSR count). The summed E-state index contributed by atoms with van der Waals surface area (Å²) in [7, 11) is 0. The van der Waals surface area contributed by atoms with Crippen LogP contribution in [-0.2, 0) is 6.54 Å². The molecule has 0 aromatic carbocycles. The zero-order valence-corrected chi connectivity index (χ0v) is 16.6. The third kappa shape index (κ3) is 6.67. The zero-order chi connectivity index (χ0) is 19.5. The molecule has 0 bridgehead atoms. The largest absolute Gasteiger partial charge is 0.388 e. The number of aliphatic imine (C=N–C) groups is 1. The third-order valence-corrected chi connectivity index (χ3v) is 4.33. The van der Waals surface area contributed by atoms with E-state index in [4.69, 9.17) is 0 Å². The van der Waals surface area contributed by atoms with Crippen LogP contribution in [-0.4, -0.2) is 44.5 Å². The Balaban J connectivity index is 2.03. The lowest BCUT2D eigenvalue weighted by Gasteiger charge is -2.28. The fourth-order valence-corrected chi connectivity index (χ4v) is 3.08. The highest BCUT2D eigenvalue weighted by Gasteiger charge is 2.24. The lowest BCUT2D eigenvalue weighted by molar-refractivity contribution is 0.0257. The summed E-state index contributed by atoms with van der Waals surface area (Å²) in [4.78, 5) is 9.00. The average molecular weight is 373 g/mol. The second kappa shape index (κ2) is 10.7. The van der Waals surface area contributed by atoms with Crippen LogP contribution in [0.1, 0.15) is 52.0 Å². The van der Waals surface area contributed by atoms with E-state index in [1.54, 1.807) is 17.1 Å². The normalized spacial score (nSPS) is 12.2. The first-order valence-corrected chi connectivity index (χ1v) is 9.79. The molecule has 0 saturated heterocycles. The van der Waals surface area contributed by atoms with Crippen molar-refractivity contribution >= 4 is 5.96 Å². The Labute approximate surface area is 161 Å². The van der Waals surface area contributed by atoms with Crippen molar-refractivity contribution in [3.63, 3.8) is 0 Å². The predicted molar refractivity (Wildman–Crippen MR) is 109 cm³/mol. The Bertz CT molecular complexity index is 692. The van der Waals surface area contributed by atoms with Crippen molar-refractivity contribution in [3.05, 3.63) is 42.4 Å². The molecule has 2 aromatic rings. The molecule has 27 heavy (non-hydrogen) atoms. The molecule has 0 aliphatic rings. The molecule has 2 heterocycles. The summed E-state index contributed by atoms with van der Waals surface area (Å²) in [6, 6.07) is 5.79. The number of hydrogen-bond donors (Lipinski definition) is 3.